The largest absolute Gasteiger partial charge is 0.295 e. The van der Waals surface area contributed by atoms with Crippen LogP contribution in [0, 0.1) is 6.92 Å². The van der Waals surface area contributed by atoms with Gasteiger partial charge in [0.2, 0.25) is 0 Å². The first-order valence-electron chi connectivity index (χ1n) is 7.29. The maximum absolute atomic E-state index is 11.6. The molecule has 0 radical (unpaired) electrons. The van der Waals surface area contributed by atoms with Gasteiger partial charge in [-0.2, -0.15) is 0 Å². The van der Waals surface area contributed by atoms with Crippen molar-refractivity contribution in [3.8, 4) is 22.4 Å². The molecule has 2 aromatic carbocycles. The molecule has 0 saturated carbocycles. The molecule has 0 fully saturated rings. The van der Waals surface area contributed by atoms with Gasteiger partial charge in [-0.25, -0.2) is 0 Å². The van der Waals surface area contributed by atoms with Crippen LogP contribution in [0.25, 0.3) is 22.4 Å². The Labute approximate surface area is 130 Å². The SMILES string of the molecule is CC(=O)c1cccc(-c2cc(C)nc(-c3ccccc3)c2)c1. The second-order valence-corrected chi connectivity index (χ2v) is 5.39. The maximum atomic E-state index is 11.6. The molecule has 0 N–H and O–H groups in total. The molecule has 108 valence electrons. The lowest BCUT2D eigenvalue weighted by Gasteiger charge is -2.08. The second kappa shape index (κ2) is 5.94. The number of pyridine rings is 1. The van der Waals surface area contributed by atoms with Crippen molar-refractivity contribution in [3.05, 3.63) is 78.0 Å². The number of nitrogens with zero attached hydrogens (tertiary/aromatic N) is 1. The molecular weight excluding hydrogens is 270 g/mol. The number of aryl methyl sites for hydroxylation is 1. The summed E-state index contributed by atoms with van der Waals surface area (Å²) in [5.74, 6) is 0.0795. The minimum absolute atomic E-state index is 0.0795. The molecule has 3 aromatic rings. The fourth-order valence-corrected chi connectivity index (χ4v) is 2.51. The van der Waals surface area contributed by atoms with E-state index < -0.39 is 0 Å². The van der Waals surface area contributed by atoms with Crippen molar-refractivity contribution in [2.24, 2.45) is 0 Å². The first-order valence-corrected chi connectivity index (χ1v) is 7.29. The normalized spacial score (nSPS) is 10.5. The summed E-state index contributed by atoms with van der Waals surface area (Å²) in [6.45, 7) is 3.58. The quantitative estimate of drug-likeness (QED) is 0.639. The Morgan fingerprint density at radius 1 is 0.818 bits per heavy atom. The summed E-state index contributed by atoms with van der Waals surface area (Å²) in [6, 6.07) is 22.0. The van der Waals surface area contributed by atoms with Gasteiger partial charge in [0.1, 0.15) is 0 Å². The van der Waals surface area contributed by atoms with Crippen LogP contribution in [-0.4, -0.2) is 10.8 Å². The Morgan fingerprint density at radius 2 is 1.55 bits per heavy atom. The van der Waals surface area contributed by atoms with Gasteiger partial charge in [-0.3, -0.25) is 9.78 Å². The molecular formula is C20H17NO. The number of hydrogen-bond acceptors (Lipinski definition) is 2. The van der Waals surface area contributed by atoms with E-state index >= 15 is 0 Å². The Balaban J connectivity index is 2.10. The highest BCUT2D eigenvalue weighted by Gasteiger charge is 2.07. The zero-order chi connectivity index (χ0) is 15.5. The van der Waals surface area contributed by atoms with Crippen LogP contribution in [0.5, 0.6) is 0 Å². The molecule has 1 heterocycles. The lowest BCUT2D eigenvalue weighted by molar-refractivity contribution is 0.101. The number of carbonyl (C=O) groups excluding carboxylic acids is 1. The monoisotopic (exact) mass is 287 g/mol. The molecule has 0 aliphatic heterocycles. The van der Waals surface area contributed by atoms with Crippen LogP contribution in [-0.2, 0) is 0 Å². The zero-order valence-corrected chi connectivity index (χ0v) is 12.7. The van der Waals surface area contributed by atoms with Gasteiger partial charge in [-0.1, -0.05) is 48.5 Å². The molecule has 0 spiro atoms. The molecule has 0 aliphatic carbocycles. The van der Waals surface area contributed by atoms with Gasteiger partial charge < -0.3 is 0 Å². The Kier molecular flexibility index (Phi) is 3.84. The molecule has 2 nitrogen and oxygen atoms in total. The average molecular weight is 287 g/mol. The van der Waals surface area contributed by atoms with Crippen LogP contribution in [0.2, 0.25) is 0 Å². The average Bonchev–Trinajstić information content (AvgIpc) is 2.55. The van der Waals surface area contributed by atoms with Crippen molar-refractivity contribution >= 4 is 5.78 Å². The van der Waals surface area contributed by atoms with Gasteiger partial charge in [0, 0.05) is 16.8 Å². The summed E-state index contributed by atoms with van der Waals surface area (Å²) in [7, 11) is 0. The van der Waals surface area contributed by atoms with Gasteiger partial charge in [-0.15, -0.1) is 0 Å². The summed E-state index contributed by atoms with van der Waals surface area (Å²) >= 11 is 0. The third-order valence-electron chi connectivity index (χ3n) is 3.63. The predicted octanol–water partition coefficient (Wildman–Crippen LogP) is 4.93. The van der Waals surface area contributed by atoms with Crippen molar-refractivity contribution in [2.45, 2.75) is 13.8 Å². The summed E-state index contributed by atoms with van der Waals surface area (Å²) < 4.78 is 0. The number of carbonyl (C=O) groups is 1. The van der Waals surface area contributed by atoms with Gasteiger partial charge in [0.05, 0.1) is 5.69 Å². The number of hydrogen-bond donors (Lipinski definition) is 0. The van der Waals surface area contributed by atoms with Crippen LogP contribution < -0.4 is 0 Å². The highest BCUT2D eigenvalue weighted by Crippen LogP contribution is 2.26. The summed E-state index contributed by atoms with van der Waals surface area (Å²) in [5, 5.41) is 0. The van der Waals surface area contributed by atoms with Crippen LogP contribution >= 0.6 is 0 Å². The Morgan fingerprint density at radius 3 is 2.27 bits per heavy atom. The molecule has 1 aromatic heterocycles. The number of ketones is 1. The fraction of sp³-hybridized carbons (Fsp3) is 0.100. The minimum Gasteiger partial charge on any atom is -0.295 e. The number of Topliss-reactive ketones (excluding diaryl/α,β-unsaturated/α-hetero) is 1. The first-order chi connectivity index (χ1) is 10.6. The van der Waals surface area contributed by atoms with Crippen LogP contribution in [0.1, 0.15) is 23.0 Å². The molecule has 3 rings (SSSR count). The molecule has 0 aliphatic rings. The van der Waals surface area contributed by atoms with Crippen molar-refractivity contribution in [2.75, 3.05) is 0 Å². The highest BCUT2D eigenvalue weighted by molar-refractivity contribution is 5.95. The smallest absolute Gasteiger partial charge is 0.159 e. The van der Waals surface area contributed by atoms with Crippen LogP contribution in [0.15, 0.2) is 66.7 Å². The molecule has 22 heavy (non-hydrogen) atoms. The van der Waals surface area contributed by atoms with Crippen molar-refractivity contribution in [1.82, 2.24) is 4.98 Å². The standard InChI is InChI=1S/C20H17NO/c1-14-11-19(18-10-6-9-17(12-18)15(2)22)13-20(21-14)16-7-4-3-5-8-16/h3-13H,1-2H3. The number of rotatable bonds is 3. The number of aromatic nitrogens is 1. The van der Waals surface area contributed by atoms with Crippen LogP contribution in [0.3, 0.4) is 0 Å². The van der Waals surface area contributed by atoms with E-state index in [0.29, 0.717) is 0 Å². The highest BCUT2D eigenvalue weighted by atomic mass is 16.1. The first kappa shape index (κ1) is 14.2. The van der Waals surface area contributed by atoms with E-state index in [2.05, 4.69) is 23.2 Å². The topological polar surface area (TPSA) is 30.0 Å². The van der Waals surface area contributed by atoms with Crippen molar-refractivity contribution in [1.29, 1.82) is 0 Å². The molecule has 0 bridgehead atoms. The van der Waals surface area contributed by atoms with Gasteiger partial charge in [0.15, 0.2) is 5.78 Å². The summed E-state index contributed by atoms with van der Waals surface area (Å²) in [5.41, 5.74) is 5.85. The molecule has 0 unspecified atom stereocenters. The predicted molar refractivity (Wildman–Crippen MR) is 89.9 cm³/mol. The zero-order valence-electron chi connectivity index (χ0n) is 12.7. The fourth-order valence-electron chi connectivity index (χ4n) is 2.51. The van der Waals surface area contributed by atoms with Crippen LogP contribution in [0.4, 0.5) is 0 Å². The third kappa shape index (κ3) is 2.96. The maximum Gasteiger partial charge on any atom is 0.159 e. The van der Waals surface area contributed by atoms with Gasteiger partial charge in [-0.05, 0) is 43.2 Å². The molecule has 0 atom stereocenters. The summed E-state index contributed by atoms with van der Waals surface area (Å²) in [6.07, 6.45) is 0. The number of benzene rings is 2. The minimum atomic E-state index is 0.0795. The third-order valence-corrected chi connectivity index (χ3v) is 3.63. The molecule has 0 saturated heterocycles. The molecule has 2 heteroatoms. The van der Waals surface area contributed by atoms with E-state index in [1.165, 1.54) is 0 Å². The van der Waals surface area contributed by atoms with E-state index in [1.807, 2.05) is 55.5 Å². The van der Waals surface area contributed by atoms with E-state index in [-0.39, 0.29) is 5.78 Å². The van der Waals surface area contributed by atoms with E-state index in [1.54, 1.807) is 6.92 Å². The van der Waals surface area contributed by atoms with Crippen molar-refractivity contribution in [3.63, 3.8) is 0 Å². The van der Waals surface area contributed by atoms with Gasteiger partial charge in [0.25, 0.3) is 0 Å². The summed E-state index contributed by atoms with van der Waals surface area (Å²) in [4.78, 5) is 16.2. The van der Waals surface area contributed by atoms with E-state index in [4.69, 9.17) is 0 Å². The van der Waals surface area contributed by atoms with E-state index in [9.17, 15) is 4.79 Å². The molecule has 0 amide bonds. The Hall–Kier alpha value is -2.74. The lowest BCUT2D eigenvalue weighted by Crippen LogP contribution is -1.93. The Bertz CT molecular complexity index is 822. The van der Waals surface area contributed by atoms with Crippen molar-refractivity contribution < 1.29 is 4.79 Å². The van der Waals surface area contributed by atoms with E-state index in [0.717, 1.165) is 33.6 Å². The second-order valence-electron chi connectivity index (χ2n) is 5.39. The lowest BCUT2D eigenvalue weighted by atomic mass is 9.99. The van der Waals surface area contributed by atoms with Gasteiger partial charge >= 0.3 is 0 Å².